The molecule has 0 radical (unpaired) electrons. The number of rotatable bonds is 4. The molecular formula is C15H21NO3. The first-order chi connectivity index (χ1) is 9.01. The van der Waals surface area contributed by atoms with Crippen LogP contribution >= 0.6 is 0 Å². The van der Waals surface area contributed by atoms with Crippen LogP contribution in [0.25, 0.3) is 0 Å². The van der Waals surface area contributed by atoms with Crippen LogP contribution in [0.5, 0.6) is 0 Å². The van der Waals surface area contributed by atoms with Crippen molar-refractivity contribution in [3.05, 3.63) is 35.9 Å². The van der Waals surface area contributed by atoms with Gasteiger partial charge in [0.25, 0.3) is 0 Å². The molecule has 104 valence electrons. The van der Waals surface area contributed by atoms with Crippen LogP contribution in [0.4, 0.5) is 0 Å². The van der Waals surface area contributed by atoms with Crippen LogP contribution in [0.2, 0.25) is 0 Å². The fourth-order valence-corrected chi connectivity index (χ4v) is 2.47. The first kappa shape index (κ1) is 14.0. The summed E-state index contributed by atoms with van der Waals surface area (Å²) in [6, 6.07) is 9.58. The quantitative estimate of drug-likeness (QED) is 0.871. The largest absolute Gasteiger partial charge is 0.481 e. The molecule has 1 saturated heterocycles. The number of hydrogen-bond acceptors (Lipinski definition) is 3. The molecule has 1 aromatic carbocycles. The summed E-state index contributed by atoms with van der Waals surface area (Å²) in [7, 11) is 0. The van der Waals surface area contributed by atoms with Crippen molar-refractivity contribution >= 4 is 5.97 Å². The number of nitrogens with zero attached hydrogens (tertiary/aromatic N) is 1. The number of likely N-dealkylation sites (tertiary alicyclic amines) is 1. The first-order valence-electron chi connectivity index (χ1n) is 6.70. The number of hydrogen-bond donors (Lipinski definition) is 2. The van der Waals surface area contributed by atoms with Gasteiger partial charge in [-0.3, -0.25) is 4.79 Å². The fourth-order valence-electron chi connectivity index (χ4n) is 2.47. The lowest BCUT2D eigenvalue weighted by Gasteiger charge is -2.37. The van der Waals surface area contributed by atoms with Crippen LogP contribution < -0.4 is 0 Å². The van der Waals surface area contributed by atoms with E-state index in [9.17, 15) is 15.0 Å². The molecule has 2 N–H and O–H groups in total. The predicted octanol–water partition coefficient (Wildman–Crippen LogP) is 1.91. The summed E-state index contributed by atoms with van der Waals surface area (Å²) in [4.78, 5) is 13.3. The summed E-state index contributed by atoms with van der Waals surface area (Å²) >= 11 is 0. The van der Waals surface area contributed by atoms with Crippen LogP contribution in [0.3, 0.4) is 0 Å². The summed E-state index contributed by atoms with van der Waals surface area (Å²) < 4.78 is 0. The summed E-state index contributed by atoms with van der Waals surface area (Å²) in [5.74, 6) is -0.712. The molecule has 0 bridgehead atoms. The van der Waals surface area contributed by atoms with Crippen molar-refractivity contribution in [2.75, 3.05) is 19.6 Å². The van der Waals surface area contributed by atoms with Crippen molar-refractivity contribution < 1.29 is 15.0 Å². The average molecular weight is 263 g/mol. The number of carboxylic acid groups (broad SMARTS) is 1. The highest BCUT2D eigenvalue weighted by Crippen LogP contribution is 2.31. The number of carbonyl (C=O) groups is 1. The van der Waals surface area contributed by atoms with Gasteiger partial charge in [-0.25, -0.2) is 0 Å². The topological polar surface area (TPSA) is 60.8 Å². The third-order valence-corrected chi connectivity index (χ3v) is 4.09. The third-order valence-electron chi connectivity index (χ3n) is 4.09. The van der Waals surface area contributed by atoms with E-state index in [2.05, 4.69) is 4.90 Å². The van der Waals surface area contributed by atoms with Crippen molar-refractivity contribution in [3.8, 4) is 0 Å². The molecule has 0 saturated carbocycles. The Kier molecular flexibility index (Phi) is 4.22. The maximum atomic E-state index is 11.2. The van der Waals surface area contributed by atoms with Gasteiger partial charge >= 0.3 is 5.97 Å². The first-order valence-corrected chi connectivity index (χ1v) is 6.70. The third kappa shape index (κ3) is 3.33. The number of β-amino-alcohol motifs (C(OH)–C–C–N with tert-alkyl or cyclic N) is 1. The van der Waals surface area contributed by atoms with E-state index in [0.717, 1.165) is 18.7 Å². The number of benzene rings is 1. The van der Waals surface area contributed by atoms with E-state index < -0.39 is 17.5 Å². The van der Waals surface area contributed by atoms with Crippen LogP contribution in [0, 0.1) is 5.41 Å². The molecule has 4 nitrogen and oxygen atoms in total. The molecule has 4 heteroatoms. The molecule has 0 spiro atoms. The van der Waals surface area contributed by atoms with Crippen molar-refractivity contribution in [1.29, 1.82) is 0 Å². The van der Waals surface area contributed by atoms with Crippen molar-refractivity contribution in [3.63, 3.8) is 0 Å². The van der Waals surface area contributed by atoms with Gasteiger partial charge in [0, 0.05) is 6.54 Å². The Balaban J connectivity index is 1.88. The Morgan fingerprint density at radius 3 is 2.42 bits per heavy atom. The Morgan fingerprint density at radius 1 is 1.32 bits per heavy atom. The molecule has 0 aliphatic carbocycles. The lowest BCUT2D eigenvalue weighted by atomic mass is 9.80. The van der Waals surface area contributed by atoms with Gasteiger partial charge in [0.15, 0.2) is 0 Å². The Bertz CT molecular complexity index is 424. The Morgan fingerprint density at radius 2 is 1.89 bits per heavy atom. The van der Waals surface area contributed by atoms with E-state index in [1.807, 2.05) is 30.3 Å². The van der Waals surface area contributed by atoms with Crippen LogP contribution in [-0.2, 0) is 4.79 Å². The minimum atomic E-state index is -0.712. The number of carboxylic acids is 1. The molecular weight excluding hydrogens is 242 g/mol. The monoisotopic (exact) mass is 263 g/mol. The summed E-state index contributed by atoms with van der Waals surface area (Å²) in [6.45, 7) is 3.83. The normalized spacial score (nSPS) is 20.9. The molecule has 1 heterocycles. The number of aliphatic carboxylic acids is 1. The molecule has 1 aromatic rings. The van der Waals surface area contributed by atoms with E-state index >= 15 is 0 Å². The SMILES string of the molecule is CC1(C(=O)O)CCN(CC(O)c2ccccc2)CC1. The summed E-state index contributed by atoms with van der Waals surface area (Å²) in [6.07, 6.45) is 0.781. The van der Waals surface area contributed by atoms with E-state index in [1.54, 1.807) is 6.92 Å². The number of aliphatic hydroxyl groups excluding tert-OH is 1. The lowest BCUT2D eigenvalue weighted by Crippen LogP contribution is -2.43. The second-order valence-corrected chi connectivity index (χ2v) is 5.59. The molecule has 1 aliphatic heterocycles. The van der Waals surface area contributed by atoms with Gasteiger partial charge in [-0.15, -0.1) is 0 Å². The van der Waals surface area contributed by atoms with Crippen LogP contribution in [0.15, 0.2) is 30.3 Å². The van der Waals surface area contributed by atoms with E-state index in [-0.39, 0.29) is 0 Å². The molecule has 1 aliphatic rings. The zero-order valence-electron chi connectivity index (χ0n) is 11.2. The predicted molar refractivity (Wildman–Crippen MR) is 72.8 cm³/mol. The minimum absolute atomic E-state index is 0.504. The van der Waals surface area contributed by atoms with Crippen molar-refractivity contribution in [2.45, 2.75) is 25.9 Å². The standard InChI is InChI=1S/C15H21NO3/c1-15(14(18)19)7-9-16(10-8-15)11-13(17)12-5-3-2-4-6-12/h2-6,13,17H,7-11H2,1H3,(H,18,19). The van der Waals surface area contributed by atoms with E-state index in [0.29, 0.717) is 19.4 Å². The highest BCUT2D eigenvalue weighted by atomic mass is 16.4. The van der Waals surface area contributed by atoms with Gasteiger partial charge in [-0.1, -0.05) is 30.3 Å². The summed E-state index contributed by atoms with van der Waals surface area (Å²) in [5, 5.41) is 19.3. The minimum Gasteiger partial charge on any atom is -0.481 e. The summed E-state index contributed by atoms with van der Waals surface area (Å²) in [5.41, 5.74) is 0.308. The number of piperidine rings is 1. The Hall–Kier alpha value is -1.39. The van der Waals surface area contributed by atoms with Gasteiger partial charge in [-0.05, 0) is 38.4 Å². The Labute approximate surface area is 113 Å². The zero-order chi connectivity index (χ0) is 13.9. The molecule has 1 atom stereocenters. The zero-order valence-corrected chi connectivity index (χ0v) is 11.2. The average Bonchev–Trinajstić information content (AvgIpc) is 2.42. The fraction of sp³-hybridized carbons (Fsp3) is 0.533. The second kappa shape index (κ2) is 5.72. The molecule has 2 rings (SSSR count). The number of aliphatic hydroxyl groups is 1. The molecule has 1 fully saturated rings. The molecule has 1 unspecified atom stereocenters. The maximum Gasteiger partial charge on any atom is 0.309 e. The highest BCUT2D eigenvalue weighted by Gasteiger charge is 2.37. The smallest absolute Gasteiger partial charge is 0.309 e. The molecule has 0 amide bonds. The highest BCUT2D eigenvalue weighted by molar-refractivity contribution is 5.74. The van der Waals surface area contributed by atoms with E-state index in [4.69, 9.17) is 0 Å². The van der Waals surface area contributed by atoms with Gasteiger partial charge in [0.1, 0.15) is 0 Å². The van der Waals surface area contributed by atoms with Gasteiger partial charge < -0.3 is 15.1 Å². The lowest BCUT2D eigenvalue weighted by molar-refractivity contribution is -0.150. The molecule has 19 heavy (non-hydrogen) atoms. The van der Waals surface area contributed by atoms with Crippen molar-refractivity contribution in [2.24, 2.45) is 5.41 Å². The van der Waals surface area contributed by atoms with Gasteiger partial charge in [-0.2, -0.15) is 0 Å². The van der Waals surface area contributed by atoms with Gasteiger partial charge in [0.2, 0.25) is 0 Å². The van der Waals surface area contributed by atoms with Gasteiger partial charge in [0.05, 0.1) is 11.5 Å². The van der Waals surface area contributed by atoms with Crippen LogP contribution in [0.1, 0.15) is 31.4 Å². The maximum absolute atomic E-state index is 11.2. The van der Waals surface area contributed by atoms with Crippen LogP contribution in [-0.4, -0.2) is 40.7 Å². The van der Waals surface area contributed by atoms with E-state index in [1.165, 1.54) is 0 Å². The molecule has 0 aromatic heterocycles. The van der Waals surface area contributed by atoms with Crippen molar-refractivity contribution in [1.82, 2.24) is 4.90 Å². The second-order valence-electron chi connectivity index (χ2n) is 5.59.